The maximum Gasteiger partial charge on any atom is 0.341 e. The van der Waals surface area contributed by atoms with E-state index in [1.54, 1.807) is 6.07 Å². The first kappa shape index (κ1) is 15.7. The number of carbonyl (C=O) groups excluding carboxylic acids is 2. The molecule has 7 nitrogen and oxygen atoms in total. The SMILES string of the molecule is COC(=O)c1c(Cl)cccc1N1CC(S(N)(=O)=O)CC1=O. The first-order valence-electron chi connectivity index (χ1n) is 5.94. The van der Waals surface area contributed by atoms with Crippen LogP contribution in [0.3, 0.4) is 0 Å². The monoisotopic (exact) mass is 332 g/mol. The van der Waals surface area contributed by atoms with Crippen LogP contribution < -0.4 is 10.0 Å². The normalized spacial score (nSPS) is 18.9. The lowest BCUT2D eigenvalue weighted by molar-refractivity contribution is -0.117. The number of methoxy groups -OCH3 is 1. The van der Waals surface area contributed by atoms with Gasteiger partial charge in [-0.05, 0) is 12.1 Å². The third-order valence-corrected chi connectivity index (χ3v) is 4.79. The Morgan fingerprint density at radius 3 is 2.67 bits per heavy atom. The Balaban J connectivity index is 2.46. The van der Waals surface area contributed by atoms with Crippen LogP contribution in [-0.4, -0.2) is 39.2 Å². The van der Waals surface area contributed by atoms with Crippen LogP contribution in [0, 0.1) is 0 Å². The number of hydrogen-bond acceptors (Lipinski definition) is 5. The van der Waals surface area contributed by atoms with Gasteiger partial charge in [0.2, 0.25) is 15.9 Å². The molecular formula is C12H13ClN2O5S. The van der Waals surface area contributed by atoms with Crippen molar-refractivity contribution in [2.24, 2.45) is 5.14 Å². The van der Waals surface area contributed by atoms with Crippen molar-refractivity contribution in [3.8, 4) is 0 Å². The van der Waals surface area contributed by atoms with Gasteiger partial charge in [-0.3, -0.25) is 4.79 Å². The maximum absolute atomic E-state index is 12.0. The minimum atomic E-state index is -3.84. The summed E-state index contributed by atoms with van der Waals surface area (Å²) < 4.78 is 27.4. The Kier molecular flexibility index (Phi) is 4.22. The number of nitrogens with two attached hydrogens (primary N) is 1. The molecule has 1 aromatic carbocycles. The Morgan fingerprint density at radius 2 is 2.14 bits per heavy atom. The van der Waals surface area contributed by atoms with E-state index in [1.165, 1.54) is 24.1 Å². The number of amides is 1. The summed E-state index contributed by atoms with van der Waals surface area (Å²) in [5.41, 5.74) is 0.232. The standard InChI is InChI=1S/C12H13ClN2O5S/c1-20-12(17)11-8(13)3-2-4-9(11)15-6-7(5-10(15)16)21(14,18)19/h2-4,7H,5-6H2,1H3,(H2,14,18,19). The number of esters is 1. The van der Waals surface area contributed by atoms with Gasteiger partial charge in [0.1, 0.15) is 10.8 Å². The summed E-state index contributed by atoms with van der Waals surface area (Å²) in [6.07, 6.45) is -0.230. The molecule has 0 aliphatic carbocycles. The van der Waals surface area contributed by atoms with Gasteiger partial charge in [-0.25, -0.2) is 18.4 Å². The highest BCUT2D eigenvalue weighted by molar-refractivity contribution is 7.89. The Hall–Kier alpha value is -1.64. The lowest BCUT2D eigenvalue weighted by Crippen LogP contribution is -2.32. The second kappa shape index (κ2) is 5.63. The topological polar surface area (TPSA) is 107 Å². The number of anilines is 1. The van der Waals surface area contributed by atoms with E-state index in [2.05, 4.69) is 4.74 Å². The average Bonchev–Trinajstić information content (AvgIpc) is 2.79. The van der Waals surface area contributed by atoms with E-state index in [0.717, 1.165) is 0 Å². The summed E-state index contributed by atoms with van der Waals surface area (Å²) in [6.45, 7) is -0.123. The fourth-order valence-electron chi connectivity index (χ4n) is 2.17. The van der Waals surface area contributed by atoms with Crippen LogP contribution in [0.4, 0.5) is 5.69 Å². The van der Waals surface area contributed by atoms with Gasteiger partial charge in [0, 0.05) is 13.0 Å². The van der Waals surface area contributed by atoms with Gasteiger partial charge in [0.15, 0.2) is 0 Å². The minimum absolute atomic E-state index is 0.0186. The van der Waals surface area contributed by atoms with Gasteiger partial charge in [0.25, 0.3) is 0 Å². The molecule has 1 aliphatic rings. The maximum atomic E-state index is 12.0. The van der Waals surface area contributed by atoms with E-state index >= 15 is 0 Å². The zero-order chi connectivity index (χ0) is 15.8. The van der Waals surface area contributed by atoms with Gasteiger partial charge in [-0.15, -0.1) is 0 Å². The number of hydrogen-bond donors (Lipinski definition) is 1. The molecular weight excluding hydrogens is 320 g/mol. The Bertz CT molecular complexity index is 704. The van der Waals surface area contributed by atoms with E-state index in [-0.39, 0.29) is 29.2 Å². The molecule has 1 unspecified atom stereocenters. The van der Waals surface area contributed by atoms with Crippen LogP contribution in [-0.2, 0) is 19.6 Å². The summed E-state index contributed by atoms with van der Waals surface area (Å²) in [5, 5.41) is 4.18. The fourth-order valence-corrected chi connectivity index (χ4v) is 3.15. The van der Waals surface area contributed by atoms with Crippen molar-refractivity contribution in [2.75, 3.05) is 18.6 Å². The first-order valence-corrected chi connectivity index (χ1v) is 7.93. The Labute approximate surface area is 126 Å². The molecule has 1 atom stereocenters. The highest BCUT2D eigenvalue weighted by Gasteiger charge is 2.38. The average molecular weight is 333 g/mol. The molecule has 0 bridgehead atoms. The van der Waals surface area contributed by atoms with Gasteiger partial charge in [-0.1, -0.05) is 17.7 Å². The molecule has 0 spiro atoms. The summed E-state index contributed by atoms with van der Waals surface area (Å²) in [7, 11) is -2.65. The smallest absolute Gasteiger partial charge is 0.341 e. The zero-order valence-electron chi connectivity index (χ0n) is 11.1. The minimum Gasteiger partial charge on any atom is -0.465 e. The first-order chi connectivity index (χ1) is 9.75. The molecule has 1 fully saturated rings. The fraction of sp³-hybridized carbons (Fsp3) is 0.333. The molecule has 2 rings (SSSR count). The number of sulfonamides is 1. The van der Waals surface area contributed by atoms with E-state index in [9.17, 15) is 18.0 Å². The van der Waals surface area contributed by atoms with E-state index in [4.69, 9.17) is 16.7 Å². The van der Waals surface area contributed by atoms with E-state index in [1.807, 2.05) is 0 Å². The molecule has 114 valence electrons. The van der Waals surface area contributed by atoms with Crippen LogP contribution in [0.25, 0.3) is 0 Å². The number of carbonyl (C=O) groups is 2. The lowest BCUT2D eigenvalue weighted by Gasteiger charge is -2.19. The van der Waals surface area contributed by atoms with Crippen molar-refractivity contribution in [1.29, 1.82) is 0 Å². The van der Waals surface area contributed by atoms with Crippen molar-refractivity contribution in [1.82, 2.24) is 0 Å². The number of benzene rings is 1. The van der Waals surface area contributed by atoms with Crippen LogP contribution in [0.15, 0.2) is 18.2 Å². The molecule has 2 N–H and O–H groups in total. The van der Waals surface area contributed by atoms with E-state index in [0.29, 0.717) is 0 Å². The van der Waals surface area contributed by atoms with Gasteiger partial charge < -0.3 is 9.64 Å². The molecule has 21 heavy (non-hydrogen) atoms. The number of halogens is 1. The summed E-state index contributed by atoms with van der Waals surface area (Å²) in [5.74, 6) is -1.15. The molecule has 9 heteroatoms. The van der Waals surface area contributed by atoms with Gasteiger partial charge in [-0.2, -0.15) is 0 Å². The predicted molar refractivity (Wildman–Crippen MR) is 76.7 cm³/mol. The highest BCUT2D eigenvalue weighted by Crippen LogP contribution is 2.32. The van der Waals surface area contributed by atoms with Crippen LogP contribution >= 0.6 is 11.6 Å². The van der Waals surface area contributed by atoms with E-state index < -0.39 is 27.1 Å². The van der Waals surface area contributed by atoms with Crippen LogP contribution in [0.2, 0.25) is 5.02 Å². The number of nitrogens with zero attached hydrogens (tertiary/aromatic N) is 1. The highest BCUT2D eigenvalue weighted by atomic mass is 35.5. The summed E-state index contributed by atoms with van der Waals surface area (Å²) in [4.78, 5) is 25.0. The largest absolute Gasteiger partial charge is 0.465 e. The predicted octanol–water partition coefficient (Wildman–Crippen LogP) is 0.520. The van der Waals surface area contributed by atoms with Crippen molar-refractivity contribution >= 4 is 39.2 Å². The van der Waals surface area contributed by atoms with Crippen molar-refractivity contribution < 1.29 is 22.7 Å². The summed E-state index contributed by atoms with van der Waals surface area (Å²) in [6, 6.07) is 4.54. The Morgan fingerprint density at radius 1 is 1.48 bits per heavy atom. The third kappa shape index (κ3) is 3.02. The number of rotatable bonds is 3. The second-order valence-electron chi connectivity index (χ2n) is 4.55. The van der Waals surface area contributed by atoms with Crippen LogP contribution in [0.5, 0.6) is 0 Å². The van der Waals surface area contributed by atoms with Gasteiger partial charge >= 0.3 is 5.97 Å². The quantitative estimate of drug-likeness (QED) is 0.812. The van der Waals surface area contributed by atoms with Crippen molar-refractivity contribution in [3.05, 3.63) is 28.8 Å². The number of ether oxygens (including phenoxy) is 1. The van der Waals surface area contributed by atoms with Crippen molar-refractivity contribution in [2.45, 2.75) is 11.7 Å². The molecule has 1 saturated heterocycles. The molecule has 1 aliphatic heterocycles. The molecule has 1 amide bonds. The number of primary sulfonamides is 1. The van der Waals surface area contributed by atoms with Gasteiger partial charge in [0.05, 0.1) is 17.8 Å². The van der Waals surface area contributed by atoms with Crippen molar-refractivity contribution in [3.63, 3.8) is 0 Å². The molecule has 1 aromatic rings. The lowest BCUT2D eigenvalue weighted by atomic mass is 10.1. The van der Waals surface area contributed by atoms with Crippen LogP contribution in [0.1, 0.15) is 16.8 Å². The second-order valence-corrected chi connectivity index (χ2v) is 6.80. The molecule has 1 heterocycles. The molecule has 0 radical (unpaired) electrons. The zero-order valence-corrected chi connectivity index (χ0v) is 12.6. The summed E-state index contributed by atoms with van der Waals surface area (Å²) >= 11 is 5.97. The molecule has 0 aromatic heterocycles. The molecule has 0 saturated carbocycles. The third-order valence-electron chi connectivity index (χ3n) is 3.23.